The standard InChI is InChI=1S/C12H13NO/c1-4-10-7-6-8-11(9-10)12(14)13(3)5-2/h4-9H,1-2H2,3H3. The predicted molar refractivity (Wildman–Crippen MR) is 58.8 cm³/mol. The molecule has 0 saturated carbocycles. The molecule has 1 amide bonds. The fourth-order valence-corrected chi connectivity index (χ4v) is 1.09. The predicted octanol–water partition coefficient (Wildman–Crippen LogP) is 2.55. The van der Waals surface area contributed by atoms with Crippen LogP contribution in [0, 0.1) is 0 Å². The van der Waals surface area contributed by atoms with Crippen molar-refractivity contribution in [3.05, 3.63) is 54.8 Å². The smallest absolute Gasteiger partial charge is 0.257 e. The number of benzene rings is 1. The number of hydrogen-bond acceptors (Lipinski definition) is 1. The topological polar surface area (TPSA) is 20.3 Å². The highest BCUT2D eigenvalue weighted by Crippen LogP contribution is 2.08. The summed E-state index contributed by atoms with van der Waals surface area (Å²) in [6.45, 7) is 7.19. The molecule has 0 bridgehead atoms. The normalized spacial score (nSPS) is 9.21. The van der Waals surface area contributed by atoms with Gasteiger partial charge in [0, 0.05) is 12.6 Å². The monoisotopic (exact) mass is 187 g/mol. The molecular weight excluding hydrogens is 174 g/mol. The zero-order valence-corrected chi connectivity index (χ0v) is 8.23. The molecule has 0 spiro atoms. The molecule has 1 rings (SSSR count). The lowest BCUT2D eigenvalue weighted by Crippen LogP contribution is -2.20. The third-order valence-electron chi connectivity index (χ3n) is 1.96. The van der Waals surface area contributed by atoms with Crippen molar-refractivity contribution in [2.75, 3.05) is 7.05 Å². The first-order chi connectivity index (χ1) is 6.69. The largest absolute Gasteiger partial charge is 0.319 e. The van der Waals surface area contributed by atoms with Gasteiger partial charge < -0.3 is 4.90 Å². The van der Waals surface area contributed by atoms with Gasteiger partial charge in [-0.3, -0.25) is 4.79 Å². The van der Waals surface area contributed by atoms with E-state index in [9.17, 15) is 4.79 Å². The maximum absolute atomic E-state index is 11.7. The first-order valence-corrected chi connectivity index (χ1v) is 4.31. The fraction of sp³-hybridized carbons (Fsp3) is 0.0833. The zero-order chi connectivity index (χ0) is 10.6. The van der Waals surface area contributed by atoms with E-state index in [2.05, 4.69) is 13.2 Å². The molecule has 0 aliphatic heterocycles. The van der Waals surface area contributed by atoms with Gasteiger partial charge in [0.2, 0.25) is 0 Å². The summed E-state index contributed by atoms with van der Waals surface area (Å²) < 4.78 is 0. The van der Waals surface area contributed by atoms with Gasteiger partial charge in [0.05, 0.1) is 0 Å². The number of nitrogens with zero attached hydrogens (tertiary/aromatic N) is 1. The van der Waals surface area contributed by atoms with Crippen molar-refractivity contribution in [2.24, 2.45) is 0 Å². The van der Waals surface area contributed by atoms with Crippen LogP contribution >= 0.6 is 0 Å². The summed E-state index contributed by atoms with van der Waals surface area (Å²) >= 11 is 0. The summed E-state index contributed by atoms with van der Waals surface area (Å²) in [6, 6.07) is 7.31. The Morgan fingerprint density at radius 3 is 2.71 bits per heavy atom. The Morgan fingerprint density at radius 1 is 1.43 bits per heavy atom. The van der Waals surface area contributed by atoms with Crippen molar-refractivity contribution < 1.29 is 4.79 Å². The molecule has 0 radical (unpaired) electrons. The van der Waals surface area contributed by atoms with Crippen LogP contribution in [0.4, 0.5) is 0 Å². The van der Waals surface area contributed by atoms with E-state index in [1.54, 1.807) is 25.3 Å². The van der Waals surface area contributed by atoms with E-state index in [0.29, 0.717) is 5.56 Å². The van der Waals surface area contributed by atoms with Crippen LogP contribution in [0.3, 0.4) is 0 Å². The Hall–Kier alpha value is -1.83. The molecule has 0 N–H and O–H groups in total. The lowest BCUT2D eigenvalue weighted by atomic mass is 10.1. The average molecular weight is 187 g/mol. The third kappa shape index (κ3) is 2.10. The quantitative estimate of drug-likeness (QED) is 0.712. The Balaban J connectivity index is 3.00. The highest BCUT2D eigenvalue weighted by Gasteiger charge is 2.07. The highest BCUT2D eigenvalue weighted by molar-refractivity contribution is 5.95. The van der Waals surface area contributed by atoms with Gasteiger partial charge in [-0.15, -0.1) is 0 Å². The molecular formula is C12H13NO. The van der Waals surface area contributed by atoms with E-state index in [4.69, 9.17) is 0 Å². The van der Waals surface area contributed by atoms with E-state index in [0.717, 1.165) is 5.56 Å². The highest BCUT2D eigenvalue weighted by atomic mass is 16.2. The molecule has 0 heterocycles. The van der Waals surface area contributed by atoms with E-state index in [1.807, 2.05) is 12.1 Å². The SMILES string of the molecule is C=Cc1cccc(C(=O)N(C)C=C)c1. The summed E-state index contributed by atoms with van der Waals surface area (Å²) in [7, 11) is 1.68. The van der Waals surface area contributed by atoms with Crippen LogP contribution in [0.1, 0.15) is 15.9 Å². The number of rotatable bonds is 3. The molecule has 0 aliphatic carbocycles. The molecule has 0 saturated heterocycles. The summed E-state index contributed by atoms with van der Waals surface area (Å²) in [4.78, 5) is 13.1. The number of amides is 1. The van der Waals surface area contributed by atoms with E-state index in [-0.39, 0.29) is 5.91 Å². The second-order valence-corrected chi connectivity index (χ2v) is 2.93. The summed E-state index contributed by atoms with van der Waals surface area (Å²) in [5.74, 6) is -0.0660. The van der Waals surface area contributed by atoms with Crippen LogP contribution in [0.5, 0.6) is 0 Å². The van der Waals surface area contributed by atoms with Crippen molar-refractivity contribution in [2.45, 2.75) is 0 Å². The molecule has 2 nitrogen and oxygen atoms in total. The van der Waals surface area contributed by atoms with Crippen LogP contribution in [0.15, 0.2) is 43.6 Å². The summed E-state index contributed by atoms with van der Waals surface area (Å²) in [5, 5.41) is 0. The van der Waals surface area contributed by atoms with E-state index < -0.39 is 0 Å². The molecule has 2 heteroatoms. The molecule has 0 atom stereocenters. The lowest BCUT2D eigenvalue weighted by Gasteiger charge is -2.11. The van der Waals surface area contributed by atoms with E-state index >= 15 is 0 Å². The molecule has 0 unspecified atom stereocenters. The molecule has 1 aromatic rings. The lowest BCUT2D eigenvalue weighted by molar-refractivity contribution is 0.0850. The van der Waals surface area contributed by atoms with Crippen LogP contribution in [-0.2, 0) is 0 Å². The van der Waals surface area contributed by atoms with Crippen molar-refractivity contribution in [1.29, 1.82) is 0 Å². The number of carbonyl (C=O) groups excluding carboxylic acids is 1. The van der Waals surface area contributed by atoms with Crippen LogP contribution in [0.2, 0.25) is 0 Å². The van der Waals surface area contributed by atoms with Crippen molar-refractivity contribution in [3.63, 3.8) is 0 Å². The second-order valence-electron chi connectivity index (χ2n) is 2.93. The van der Waals surface area contributed by atoms with Crippen LogP contribution < -0.4 is 0 Å². The molecule has 0 aromatic heterocycles. The zero-order valence-electron chi connectivity index (χ0n) is 8.23. The first-order valence-electron chi connectivity index (χ1n) is 4.31. The Labute approximate surface area is 84.2 Å². The Morgan fingerprint density at radius 2 is 2.14 bits per heavy atom. The summed E-state index contributed by atoms with van der Waals surface area (Å²) in [6.07, 6.45) is 3.20. The third-order valence-corrected chi connectivity index (χ3v) is 1.96. The van der Waals surface area contributed by atoms with Gasteiger partial charge in [0.25, 0.3) is 5.91 Å². The van der Waals surface area contributed by atoms with Gasteiger partial charge in [-0.2, -0.15) is 0 Å². The second kappa shape index (κ2) is 4.42. The van der Waals surface area contributed by atoms with Gasteiger partial charge >= 0.3 is 0 Å². The van der Waals surface area contributed by atoms with Crippen molar-refractivity contribution in [3.8, 4) is 0 Å². The Kier molecular flexibility index (Phi) is 3.24. The number of carbonyl (C=O) groups is 1. The molecule has 0 aliphatic rings. The van der Waals surface area contributed by atoms with E-state index in [1.165, 1.54) is 11.1 Å². The Bertz CT molecular complexity index is 368. The molecule has 1 aromatic carbocycles. The minimum Gasteiger partial charge on any atom is -0.319 e. The van der Waals surface area contributed by atoms with Gasteiger partial charge in [0.1, 0.15) is 0 Å². The summed E-state index contributed by atoms with van der Waals surface area (Å²) in [5.41, 5.74) is 1.58. The molecule has 72 valence electrons. The van der Waals surface area contributed by atoms with Gasteiger partial charge in [-0.1, -0.05) is 31.4 Å². The maximum atomic E-state index is 11.7. The molecule has 14 heavy (non-hydrogen) atoms. The van der Waals surface area contributed by atoms with Crippen molar-refractivity contribution in [1.82, 2.24) is 4.90 Å². The maximum Gasteiger partial charge on any atom is 0.257 e. The minimum absolute atomic E-state index is 0.0660. The fourth-order valence-electron chi connectivity index (χ4n) is 1.09. The minimum atomic E-state index is -0.0660. The average Bonchev–Trinajstić information content (AvgIpc) is 2.27. The van der Waals surface area contributed by atoms with Gasteiger partial charge in [0.15, 0.2) is 0 Å². The number of hydrogen-bond donors (Lipinski definition) is 0. The van der Waals surface area contributed by atoms with Gasteiger partial charge in [-0.25, -0.2) is 0 Å². The van der Waals surface area contributed by atoms with Crippen LogP contribution in [0.25, 0.3) is 6.08 Å². The first kappa shape index (κ1) is 10.3. The van der Waals surface area contributed by atoms with Crippen molar-refractivity contribution >= 4 is 12.0 Å². The molecule has 0 fully saturated rings. The van der Waals surface area contributed by atoms with Crippen LogP contribution in [-0.4, -0.2) is 17.9 Å². The van der Waals surface area contributed by atoms with Gasteiger partial charge in [-0.05, 0) is 23.9 Å².